The number of carbonyl (C=O) groups is 1. The number of carboxylic acids is 1. The number of hydrogen-bond acceptors (Lipinski definition) is 5. The molecule has 3 rings (SSSR count). The van der Waals surface area contributed by atoms with Crippen molar-refractivity contribution in [1.29, 1.82) is 0 Å². The van der Waals surface area contributed by atoms with E-state index in [1.54, 1.807) is 31.4 Å². The Morgan fingerprint density at radius 3 is 2.64 bits per heavy atom. The van der Waals surface area contributed by atoms with Crippen LogP contribution in [-0.4, -0.2) is 29.9 Å². The van der Waals surface area contributed by atoms with Crippen molar-refractivity contribution in [2.24, 2.45) is 5.92 Å². The Balaban J connectivity index is 1.81. The number of carboxylic acid groups (broad SMARTS) is 1. The molecule has 1 saturated carbocycles. The van der Waals surface area contributed by atoms with Crippen molar-refractivity contribution in [3.05, 3.63) is 35.6 Å². The minimum absolute atomic E-state index is 0.122. The smallest absolute Gasteiger partial charge is 0.341 e. The number of ether oxygens (including phenoxy) is 1. The lowest BCUT2D eigenvalue weighted by Crippen LogP contribution is -2.25. The van der Waals surface area contributed by atoms with Crippen molar-refractivity contribution in [3.8, 4) is 17.0 Å². The first-order valence-electron chi connectivity index (χ1n) is 8.70. The molecule has 2 N–H and O–H groups in total. The first-order valence-corrected chi connectivity index (χ1v) is 8.70. The molecule has 25 heavy (non-hydrogen) atoms. The summed E-state index contributed by atoms with van der Waals surface area (Å²) in [6, 6.07) is 6.91. The molecule has 2 aromatic rings. The van der Waals surface area contributed by atoms with Gasteiger partial charge in [-0.3, -0.25) is 0 Å². The van der Waals surface area contributed by atoms with Gasteiger partial charge in [0.2, 0.25) is 0 Å². The van der Waals surface area contributed by atoms with Crippen LogP contribution in [0.3, 0.4) is 0 Å². The first kappa shape index (κ1) is 17.5. The van der Waals surface area contributed by atoms with Gasteiger partial charge < -0.3 is 19.7 Å². The zero-order chi connectivity index (χ0) is 17.8. The molecular formula is C19H24N2O4. The van der Waals surface area contributed by atoms with Gasteiger partial charge in [-0.25, -0.2) is 4.79 Å². The van der Waals surface area contributed by atoms with Gasteiger partial charge in [-0.05, 0) is 56.5 Å². The van der Waals surface area contributed by atoms with Gasteiger partial charge in [0.1, 0.15) is 17.0 Å². The predicted octanol–water partition coefficient (Wildman–Crippen LogP) is 3.89. The van der Waals surface area contributed by atoms with Gasteiger partial charge in [0, 0.05) is 5.56 Å². The number of rotatable bonds is 7. The SMILES string of the molecule is COc1ccc(-c2noc(C(C)NCC3CCCC3)c2C(=O)O)cc1. The van der Waals surface area contributed by atoms with Crippen LogP contribution in [0.4, 0.5) is 0 Å². The highest BCUT2D eigenvalue weighted by molar-refractivity contribution is 5.96. The number of methoxy groups -OCH3 is 1. The van der Waals surface area contributed by atoms with E-state index in [4.69, 9.17) is 9.26 Å². The standard InChI is InChI=1S/C19H24N2O4/c1-12(20-11-13-5-3-4-6-13)18-16(19(22)23)17(21-25-18)14-7-9-15(24-2)10-8-14/h7-10,12-13,20H,3-6,11H2,1-2H3,(H,22,23). The van der Waals surface area contributed by atoms with Crippen LogP contribution in [0.5, 0.6) is 5.75 Å². The third kappa shape index (κ3) is 3.85. The molecule has 0 amide bonds. The summed E-state index contributed by atoms with van der Waals surface area (Å²) in [6.45, 7) is 2.79. The normalized spacial score (nSPS) is 16.1. The van der Waals surface area contributed by atoms with Crippen LogP contribution in [0, 0.1) is 5.92 Å². The molecule has 0 radical (unpaired) electrons. The Labute approximate surface area is 147 Å². The topological polar surface area (TPSA) is 84.6 Å². The lowest BCUT2D eigenvalue weighted by Gasteiger charge is -2.15. The Hall–Kier alpha value is -2.34. The van der Waals surface area contributed by atoms with Crippen LogP contribution in [0.25, 0.3) is 11.3 Å². The average Bonchev–Trinajstić information content (AvgIpc) is 3.29. The molecule has 1 fully saturated rings. The highest BCUT2D eigenvalue weighted by atomic mass is 16.5. The Bertz CT molecular complexity index is 718. The first-order chi connectivity index (χ1) is 12.1. The summed E-state index contributed by atoms with van der Waals surface area (Å²) in [6.07, 6.45) is 5.04. The molecular weight excluding hydrogens is 320 g/mol. The van der Waals surface area contributed by atoms with Gasteiger partial charge >= 0.3 is 5.97 Å². The highest BCUT2D eigenvalue weighted by Gasteiger charge is 2.27. The summed E-state index contributed by atoms with van der Waals surface area (Å²) in [5, 5.41) is 17.1. The average molecular weight is 344 g/mol. The van der Waals surface area contributed by atoms with Crippen LogP contribution in [0.2, 0.25) is 0 Å². The van der Waals surface area contributed by atoms with E-state index >= 15 is 0 Å². The van der Waals surface area contributed by atoms with Crippen LogP contribution in [0.1, 0.15) is 54.8 Å². The largest absolute Gasteiger partial charge is 0.497 e. The Kier molecular flexibility index (Phi) is 5.38. The summed E-state index contributed by atoms with van der Waals surface area (Å²) in [4.78, 5) is 11.8. The second-order valence-corrected chi connectivity index (χ2v) is 6.58. The van der Waals surface area contributed by atoms with Crippen LogP contribution in [0.15, 0.2) is 28.8 Å². The zero-order valence-corrected chi connectivity index (χ0v) is 14.6. The second-order valence-electron chi connectivity index (χ2n) is 6.58. The molecule has 1 unspecified atom stereocenters. The number of nitrogens with one attached hydrogen (secondary N) is 1. The third-order valence-corrected chi connectivity index (χ3v) is 4.88. The van der Waals surface area contributed by atoms with Crippen molar-refractivity contribution in [2.75, 3.05) is 13.7 Å². The summed E-state index contributed by atoms with van der Waals surface area (Å²) < 4.78 is 10.6. The van der Waals surface area contributed by atoms with Gasteiger partial charge in [-0.1, -0.05) is 18.0 Å². The van der Waals surface area contributed by atoms with E-state index in [9.17, 15) is 9.90 Å². The van der Waals surface area contributed by atoms with E-state index in [-0.39, 0.29) is 11.6 Å². The molecule has 0 bridgehead atoms. The molecule has 1 aliphatic rings. The fraction of sp³-hybridized carbons (Fsp3) is 0.474. The van der Waals surface area contributed by atoms with Gasteiger partial charge in [0.25, 0.3) is 0 Å². The van der Waals surface area contributed by atoms with Crippen molar-refractivity contribution in [1.82, 2.24) is 10.5 Å². The van der Waals surface area contributed by atoms with E-state index in [1.807, 2.05) is 6.92 Å². The van der Waals surface area contributed by atoms with Crippen molar-refractivity contribution < 1.29 is 19.2 Å². The number of hydrogen-bond donors (Lipinski definition) is 2. The van der Waals surface area contributed by atoms with Crippen LogP contribution in [-0.2, 0) is 0 Å². The Morgan fingerprint density at radius 2 is 2.04 bits per heavy atom. The maximum absolute atomic E-state index is 11.8. The molecule has 0 saturated heterocycles. The molecule has 6 heteroatoms. The van der Waals surface area contributed by atoms with E-state index in [0.29, 0.717) is 28.7 Å². The molecule has 1 atom stereocenters. The van der Waals surface area contributed by atoms with Crippen LogP contribution < -0.4 is 10.1 Å². The maximum atomic E-state index is 11.8. The molecule has 0 aliphatic heterocycles. The van der Waals surface area contributed by atoms with E-state index < -0.39 is 5.97 Å². The van der Waals surface area contributed by atoms with E-state index in [0.717, 1.165) is 6.54 Å². The lowest BCUT2D eigenvalue weighted by atomic mass is 10.0. The van der Waals surface area contributed by atoms with Crippen molar-refractivity contribution in [2.45, 2.75) is 38.6 Å². The molecule has 1 aromatic heterocycles. The molecule has 6 nitrogen and oxygen atoms in total. The summed E-state index contributed by atoms with van der Waals surface area (Å²) in [5.74, 6) is 0.712. The van der Waals surface area contributed by atoms with Gasteiger partial charge in [0.15, 0.2) is 5.76 Å². The molecule has 1 heterocycles. The molecule has 0 spiro atoms. The minimum atomic E-state index is -1.03. The minimum Gasteiger partial charge on any atom is -0.497 e. The number of aromatic nitrogens is 1. The number of nitrogens with zero attached hydrogens (tertiary/aromatic N) is 1. The zero-order valence-electron chi connectivity index (χ0n) is 14.6. The van der Waals surface area contributed by atoms with Gasteiger partial charge in [-0.15, -0.1) is 0 Å². The molecule has 134 valence electrons. The maximum Gasteiger partial charge on any atom is 0.341 e. The second kappa shape index (κ2) is 7.70. The summed E-state index contributed by atoms with van der Waals surface area (Å²) >= 11 is 0. The summed E-state index contributed by atoms with van der Waals surface area (Å²) in [5.41, 5.74) is 1.16. The predicted molar refractivity (Wildman–Crippen MR) is 93.8 cm³/mol. The van der Waals surface area contributed by atoms with Crippen molar-refractivity contribution >= 4 is 5.97 Å². The molecule has 1 aromatic carbocycles. The number of benzene rings is 1. The van der Waals surface area contributed by atoms with Gasteiger partial charge in [0.05, 0.1) is 13.2 Å². The fourth-order valence-electron chi connectivity index (χ4n) is 3.40. The van der Waals surface area contributed by atoms with Crippen LogP contribution >= 0.6 is 0 Å². The van der Waals surface area contributed by atoms with E-state index in [2.05, 4.69) is 10.5 Å². The van der Waals surface area contributed by atoms with Gasteiger partial charge in [-0.2, -0.15) is 0 Å². The van der Waals surface area contributed by atoms with Crippen molar-refractivity contribution in [3.63, 3.8) is 0 Å². The molecule has 1 aliphatic carbocycles. The quantitative estimate of drug-likeness (QED) is 0.793. The van der Waals surface area contributed by atoms with E-state index in [1.165, 1.54) is 25.7 Å². The Morgan fingerprint density at radius 1 is 1.36 bits per heavy atom. The lowest BCUT2D eigenvalue weighted by molar-refractivity contribution is 0.0694. The highest BCUT2D eigenvalue weighted by Crippen LogP contribution is 2.31. The fourth-order valence-corrected chi connectivity index (χ4v) is 3.40. The third-order valence-electron chi connectivity index (χ3n) is 4.88. The summed E-state index contributed by atoms with van der Waals surface area (Å²) in [7, 11) is 1.59. The number of aromatic carboxylic acids is 1. The monoisotopic (exact) mass is 344 g/mol.